The van der Waals surface area contributed by atoms with E-state index >= 15 is 0 Å². The molecule has 0 radical (unpaired) electrons. The average Bonchev–Trinajstić information content (AvgIpc) is 2.59. The van der Waals surface area contributed by atoms with Gasteiger partial charge in [-0.3, -0.25) is 9.59 Å². The highest BCUT2D eigenvalue weighted by Crippen LogP contribution is 2.24. The van der Waals surface area contributed by atoms with Crippen LogP contribution < -0.4 is 16.4 Å². The van der Waals surface area contributed by atoms with Crippen molar-refractivity contribution in [3.63, 3.8) is 0 Å². The predicted molar refractivity (Wildman–Crippen MR) is 98.0 cm³/mol. The molecule has 0 fully saturated rings. The van der Waals surface area contributed by atoms with E-state index in [1.54, 1.807) is 6.92 Å². The summed E-state index contributed by atoms with van der Waals surface area (Å²) in [6.45, 7) is 1.70. The van der Waals surface area contributed by atoms with Gasteiger partial charge < -0.3 is 14.9 Å². The lowest BCUT2D eigenvalue weighted by atomic mass is 10.1. The summed E-state index contributed by atoms with van der Waals surface area (Å²) in [5.41, 5.74) is 0.366. The molecule has 6 nitrogen and oxygen atoms in total. The van der Waals surface area contributed by atoms with Crippen molar-refractivity contribution in [1.82, 2.24) is 9.55 Å². The second-order valence-corrected chi connectivity index (χ2v) is 6.29. The fourth-order valence-corrected chi connectivity index (χ4v) is 3.01. The van der Waals surface area contributed by atoms with Gasteiger partial charge in [0, 0.05) is 18.0 Å². The highest BCUT2D eigenvalue weighted by atomic mass is 35.5. The highest BCUT2D eigenvalue weighted by Gasteiger charge is 2.15. The van der Waals surface area contributed by atoms with Crippen LogP contribution >= 0.6 is 11.6 Å². The quantitative estimate of drug-likeness (QED) is 0.739. The summed E-state index contributed by atoms with van der Waals surface area (Å²) in [6, 6.07) is 8.32. The molecule has 2 N–H and O–H groups in total. The maximum atomic E-state index is 13.6. The number of nitrogens with zero attached hydrogens (tertiary/aromatic N) is 2. The van der Waals surface area contributed by atoms with Crippen LogP contribution in [-0.2, 0) is 7.05 Å². The summed E-state index contributed by atoms with van der Waals surface area (Å²) < 4.78 is 14.8. The number of fused-ring (bicyclic) bond motifs is 1. The van der Waals surface area contributed by atoms with E-state index in [2.05, 4.69) is 10.3 Å². The molecule has 0 aliphatic rings. The van der Waals surface area contributed by atoms with Crippen molar-refractivity contribution in [2.75, 3.05) is 5.32 Å². The summed E-state index contributed by atoms with van der Waals surface area (Å²) in [5.74, 6) is -0.512. The first-order valence-corrected chi connectivity index (χ1v) is 8.08. The molecule has 0 saturated heterocycles. The molecule has 1 atom stereocenters. The molecule has 8 heteroatoms. The number of H-pyrrole nitrogens is 1. The molecule has 2 heterocycles. The molecule has 26 heavy (non-hydrogen) atoms. The van der Waals surface area contributed by atoms with Crippen molar-refractivity contribution in [3.05, 3.63) is 73.1 Å². The summed E-state index contributed by atoms with van der Waals surface area (Å²) in [6.07, 6.45) is 0. The highest BCUT2D eigenvalue weighted by molar-refractivity contribution is 6.35. The van der Waals surface area contributed by atoms with Crippen molar-refractivity contribution in [2.24, 2.45) is 7.05 Å². The molecule has 132 valence electrons. The number of rotatable bonds is 3. The van der Waals surface area contributed by atoms with E-state index in [1.807, 2.05) is 6.07 Å². The molecule has 0 aliphatic heterocycles. The lowest BCUT2D eigenvalue weighted by Gasteiger charge is -2.16. The van der Waals surface area contributed by atoms with Crippen molar-refractivity contribution in [3.8, 4) is 6.07 Å². The van der Waals surface area contributed by atoms with Crippen LogP contribution in [0.3, 0.4) is 0 Å². The Morgan fingerprint density at radius 1 is 1.31 bits per heavy atom. The number of benzene rings is 1. The Balaban J connectivity index is 2.04. The normalized spacial score (nSPS) is 12.0. The molecule has 0 saturated carbocycles. The standard InChI is InChI=1S/C18H14ClFN4O2/c1-9(22-15-4-3-12(8-21)24(2)18(15)26)13-6-10-5-11(20)7-14(19)16(10)23-17(13)25/h3-7,9,22H,1-2H3,(H,23,25)/t9-/m0/s1. The lowest BCUT2D eigenvalue weighted by Crippen LogP contribution is -2.26. The first-order valence-electron chi connectivity index (χ1n) is 7.70. The zero-order valence-electron chi connectivity index (χ0n) is 13.9. The van der Waals surface area contributed by atoms with Crippen LogP contribution in [0.4, 0.5) is 10.1 Å². The van der Waals surface area contributed by atoms with Gasteiger partial charge in [-0.1, -0.05) is 11.6 Å². The summed E-state index contributed by atoms with van der Waals surface area (Å²) in [4.78, 5) is 27.3. The zero-order chi connectivity index (χ0) is 19.0. The van der Waals surface area contributed by atoms with Gasteiger partial charge in [-0.15, -0.1) is 0 Å². The van der Waals surface area contributed by atoms with Crippen molar-refractivity contribution < 1.29 is 4.39 Å². The van der Waals surface area contributed by atoms with Gasteiger partial charge in [0.15, 0.2) is 0 Å². The van der Waals surface area contributed by atoms with Crippen LogP contribution in [0, 0.1) is 17.1 Å². The molecule has 0 amide bonds. The molecule has 3 rings (SSSR count). The third kappa shape index (κ3) is 3.07. The van der Waals surface area contributed by atoms with Gasteiger partial charge in [0.2, 0.25) is 0 Å². The molecule has 2 aromatic heterocycles. The first-order chi connectivity index (χ1) is 12.3. The Kier molecular flexibility index (Phi) is 4.53. The topological polar surface area (TPSA) is 90.7 Å². The third-order valence-electron chi connectivity index (χ3n) is 4.15. The molecule has 0 unspecified atom stereocenters. The van der Waals surface area contributed by atoms with E-state index in [-0.39, 0.29) is 22.0 Å². The summed E-state index contributed by atoms with van der Waals surface area (Å²) >= 11 is 5.97. The maximum absolute atomic E-state index is 13.6. The number of aromatic amines is 1. The largest absolute Gasteiger partial charge is 0.374 e. The van der Waals surface area contributed by atoms with Gasteiger partial charge in [0.25, 0.3) is 11.1 Å². The van der Waals surface area contributed by atoms with Gasteiger partial charge in [0.05, 0.1) is 16.6 Å². The van der Waals surface area contributed by atoms with Gasteiger partial charge >= 0.3 is 0 Å². The minimum atomic E-state index is -0.536. The smallest absolute Gasteiger partial charge is 0.274 e. The Hall–Kier alpha value is -3.11. The summed E-state index contributed by atoms with van der Waals surface area (Å²) in [5, 5.41) is 12.5. The fraction of sp³-hybridized carbons (Fsp3) is 0.167. The third-order valence-corrected chi connectivity index (χ3v) is 4.45. The van der Waals surface area contributed by atoms with Crippen LogP contribution in [0.2, 0.25) is 5.02 Å². The first kappa shape index (κ1) is 17.7. The molecular weight excluding hydrogens is 359 g/mol. The van der Waals surface area contributed by atoms with E-state index in [0.29, 0.717) is 16.5 Å². The van der Waals surface area contributed by atoms with Crippen LogP contribution in [0.15, 0.2) is 39.9 Å². The van der Waals surface area contributed by atoms with Gasteiger partial charge in [0.1, 0.15) is 23.3 Å². The predicted octanol–water partition coefficient (Wildman–Crippen LogP) is 3.06. The lowest BCUT2D eigenvalue weighted by molar-refractivity contribution is 0.629. The fourth-order valence-electron chi connectivity index (χ4n) is 2.75. The van der Waals surface area contributed by atoms with Gasteiger partial charge in [-0.2, -0.15) is 5.26 Å². The Morgan fingerprint density at radius 2 is 2.04 bits per heavy atom. The van der Waals surface area contributed by atoms with Crippen LogP contribution in [0.25, 0.3) is 10.9 Å². The number of nitrogens with one attached hydrogen (secondary N) is 2. The van der Waals surface area contributed by atoms with Crippen LogP contribution in [-0.4, -0.2) is 9.55 Å². The number of aromatic nitrogens is 2. The number of anilines is 1. The van der Waals surface area contributed by atoms with E-state index in [4.69, 9.17) is 16.9 Å². The van der Waals surface area contributed by atoms with E-state index in [1.165, 1.54) is 35.9 Å². The molecule has 0 aliphatic carbocycles. The van der Waals surface area contributed by atoms with E-state index < -0.39 is 17.4 Å². The van der Waals surface area contributed by atoms with Gasteiger partial charge in [-0.05, 0) is 37.3 Å². The number of hydrogen-bond acceptors (Lipinski definition) is 4. The number of nitriles is 1. The van der Waals surface area contributed by atoms with E-state index in [9.17, 15) is 14.0 Å². The van der Waals surface area contributed by atoms with Gasteiger partial charge in [-0.25, -0.2) is 4.39 Å². The summed E-state index contributed by atoms with van der Waals surface area (Å²) in [7, 11) is 1.49. The maximum Gasteiger partial charge on any atom is 0.274 e. The average molecular weight is 373 g/mol. The number of halogens is 2. The Morgan fingerprint density at radius 3 is 2.73 bits per heavy atom. The second-order valence-electron chi connectivity index (χ2n) is 5.88. The van der Waals surface area contributed by atoms with Crippen molar-refractivity contribution in [2.45, 2.75) is 13.0 Å². The molecule has 0 spiro atoms. The van der Waals surface area contributed by atoms with Crippen LogP contribution in [0.1, 0.15) is 24.2 Å². The van der Waals surface area contributed by atoms with Crippen molar-refractivity contribution in [1.29, 1.82) is 5.26 Å². The molecular formula is C18H14ClFN4O2. The zero-order valence-corrected chi connectivity index (χ0v) is 14.7. The molecule has 1 aromatic carbocycles. The monoisotopic (exact) mass is 372 g/mol. The SMILES string of the molecule is C[C@H](Nc1ccc(C#N)n(C)c1=O)c1cc2cc(F)cc(Cl)c2[nH]c1=O. The minimum Gasteiger partial charge on any atom is -0.374 e. The van der Waals surface area contributed by atoms with Crippen molar-refractivity contribution >= 4 is 28.2 Å². The second kappa shape index (κ2) is 6.65. The molecule has 3 aromatic rings. The number of hydrogen-bond donors (Lipinski definition) is 2. The molecule has 0 bridgehead atoms. The van der Waals surface area contributed by atoms with E-state index in [0.717, 1.165) is 6.07 Å². The number of pyridine rings is 2. The van der Waals surface area contributed by atoms with Crippen LogP contribution in [0.5, 0.6) is 0 Å². The Bertz CT molecular complexity index is 1180. The Labute approximate surface area is 152 Å². The minimum absolute atomic E-state index is 0.116.